The maximum absolute atomic E-state index is 3.42. The molecule has 13 heavy (non-hydrogen) atoms. The average Bonchev–Trinajstić information content (AvgIpc) is 2.03. The second kappa shape index (κ2) is 4.97. The van der Waals surface area contributed by atoms with Crippen molar-refractivity contribution in [3.05, 3.63) is 0 Å². The Balaban J connectivity index is 2.38. The van der Waals surface area contributed by atoms with Crippen molar-refractivity contribution in [3.8, 4) is 0 Å². The summed E-state index contributed by atoms with van der Waals surface area (Å²) < 4.78 is 0. The molecule has 3 atom stereocenters. The molecular formula is C11H24N2. The molecule has 1 aliphatic rings. The van der Waals surface area contributed by atoms with Gasteiger partial charge in [-0.25, -0.2) is 0 Å². The van der Waals surface area contributed by atoms with Crippen LogP contribution in [-0.2, 0) is 0 Å². The molecule has 0 spiro atoms. The lowest BCUT2D eigenvalue weighted by atomic mass is 9.77. The van der Waals surface area contributed by atoms with Crippen molar-refractivity contribution in [3.63, 3.8) is 0 Å². The van der Waals surface area contributed by atoms with E-state index in [4.69, 9.17) is 0 Å². The number of rotatable bonds is 5. The van der Waals surface area contributed by atoms with Crippen LogP contribution in [0.3, 0.4) is 0 Å². The van der Waals surface area contributed by atoms with Crippen molar-refractivity contribution < 1.29 is 0 Å². The smallest absolute Gasteiger partial charge is 0.00897 e. The van der Waals surface area contributed by atoms with Gasteiger partial charge in [0.05, 0.1) is 0 Å². The fourth-order valence-corrected chi connectivity index (χ4v) is 2.32. The second-order valence-corrected chi connectivity index (χ2v) is 4.44. The van der Waals surface area contributed by atoms with E-state index in [1.807, 2.05) is 0 Å². The normalized spacial score (nSPS) is 24.9. The van der Waals surface area contributed by atoms with E-state index in [1.165, 1.54) is 19.5 Å². The topological polar surface area (TPSA) is 24.1 Å². The van der Waals surface area contributed by atoms with Gasteiger partial charge in [0.15, 0.2) is 0 Å². The van der Waals surface area contributed by atoms with Gasteiger partial charge in [-0.05, 0) is 44.3 Å². The summed E-state index contributed by atoms with van der Waals surface area (Å²) in [7, 11) is 2.08. The summed E-state index contributed by atoms with van der Waals surface area (Å²) >= 11 is 0. The molecule has 2 heteroatoms. The van der Waals surface area contributed by atoms with Crippen molar-refractivity contribution >= 4 is 0 Å². The summed E-state index contributed by atoms with van der Waals surface area (Å²) in [4.78, 5) is 0. The van der Waals surface area contributed by atoms with E-state index in [-0.39, 0.29) is 0 Å². The maximum Gasteiger partial charge on any atom is 0.00897 e. The Labute approximate surface area is 82.5 Å². The first-order chi connectivity index (χ1) is 6.20. The van der Waals surface area contributed by atoms with Crippen molar-refractivity contribution in [2.24, 2.45) is 17.8 Å². The van der Waals surface area contributed by atoms with E-state index >= 15 is 0 Å². The minimum absolute atomic E-state index is 0.690. The van der Waals surface area contributed by atoms with Gasteiger partial charge in [-0.2, -0.15) is 0 Å². The second-order valence-electron chi connectivity index (χ2n) is 4.44. The van der Waals surface area contributed by atoms with Crippen molar-refractivity contribution in [1.82, 2.24) is 10.6 Å². The first kappa shape index (κ1) is 11.0. The van der Waals surface area contributed by atoms with Crippen LogP contribution >= 0.6 is 0 Å². The van der Waals surface area contributed by atoms with Crippen LogP contribution in [0.15, 0.2) is 0 Å². The molecule has 1 fully saturated rings. The highest BCUT2D eigenvalue weighted by molar-refractivity contribution is 4.85. The third-order valence-corrected chi connectivity index (χ3v) is 3.83. The Hall–Kier alpha value is -0.0800. The maximum atomic E-state index is 3.42. The zero-order valence-electron chi connectivity index (χ0n) is 9.43. The Morgan fingerprint density at radius 2 is 2.00 bits per heavy atom. The number of hydrogen-bond donors (Lipinski definition) is 2. The van der Waals surface area contributed by atoms with Gasteiger partial charge >= 0.3 is 0 Å². The zero-order chi connectivity index (χ0) is 9.84. The van der Waals surface area contributed by atoms with Crippen LogP contribution in [0.2, 0.25) is 0 Å². The SMILES string of the molecule is CCC(NC)C(C)C(C)C1CNC1. The predicted molar refractivity (Wildman–Crippen MR) is 57.8 cm³/mol. The third kappa shape index (κ3) is 2.44. The molecule has 1 aliphatic heterocycles. The Morgan fingerprint density at radius 1 is 1.38 bits per heavy atom. The molecule has 3 unspecified atom stereocenters. The van der Waals surface area contributed by atoms with E-state index in [9.17, 15) is 0 Å². The van der Waals surface area contributed by atoms with Crippen LogP contribution in [0.5, 0.6) is 0 Å². The molecule has 0 bridgehead atoms. The van der Waals surface area contributed by atoms with E-state index in [2.05, 4.69) is 38.5 Å². The summed E-state index contributed by atoms with van der Waals surface area (Å²) in [6, 6.07) is 0.690. The lowest BCUT2D eigenvalue weighted by molar-refractivity contribution is 0.161. The van der Waals surface area contributed by atoms with Gasteiger partial charge in [-0.15, -0.1) is 0 Å². The standard InChI is InChI=1S/C11H24N2/c1-5-11(12-4)9(3)8(2)10-6-13-7-10/h8-13H,5-7H2,1-4H3. The first-order valence-electron chi connectivity index (χ1n) is 5.58. The van der Waals surface area contributed by atoms with E-state index in [0.717, 1.165) is 17.8 Å². The summed E-state index contributed by atoms with van der Waals surface area (Å²) in [5.41, 5.74) is 0. The Morgan fingerprint density at radius 3 is 2.31 bits per heavy atom. The fraction of sp³-hybridized carbons (Fsp3) is 1.00. The lowest BCUT2D eigenvalue weighted by Gasteiger charge is -2.38. The molecule has 0 amide bonds. The van der Waals surface area contributed by atoms with Crippen LogP contribution < -0.4 is 10.6 Å². The van der Waals surface area contributed by atoms with E-state index in [1.54, 1.807) is 0 Å². The molecule has 1 heterocycles. The van der Waals surface area contributed by atoms with Gasteiger partial charge in [-0.1, -0.05) is 20.8 Å². The molecule has 0 aromatic heterocycles. The zero-order valence-corrected chi connectivity index (χ0v) is 9.43. The Kier molecular flexibility index (Phi) is 4.20. The monoisotopic (exact) mass is 184 g/mol. The van der Waals surface area contributed by atoms with Crippen molar-refractivity contribution in [1.29, 1.82) is 0 Å². The molecule has 0 aromatic carbocycles. The summed E-state index contributed by atoms with van der Waals surface area (Å²) in [5, 5.41) is 6.77. The van der Waals surface area contributed by atoms with Crippen molar-refractivity contribution in [2.45, 2.75) is 33.2 Å². The fourth-order valence-electron chi connectivity index (χ4n) is 2.32. The molecule has 2 nitrogen and oxygen atoms in total. The first-order valence-corrected chi connectivity index (χ1v) is 5.58. The molecule has 0 saturated carbocycles. The molecule has 78 valence electrons. The molecule has 0 radical (unpaired) electrons. The highest BCUT2D eigenvalue weighted by Crippen LogP contribution is 2.26. The molecule has 0 aromatic rings. The van der Waals surface area contributed by atoms with Crippen LogP contribution in [0.25, 0.3) is 0 Å². The molecule has 1 saturated heterocycles. The third-order valence-electron chi connectivity index (χ3n) is 3.83. The van der Waals surface area contributed by atoms with Gasteiger partial charge < -0.3 is 10.6 Å². The van der Waals surface area contributed by atoms with E-state index < -0.39 is 0 Å². The molecular weight excluding hydrogens is 160 g/mol. The Bertz CT molecular complexity index is 139. The van der Waals surface area contributed by atoms with E-state index in [0.29, 0.717) is 6.04 Å². The van der Waals surface area contributed by atoms with Gasteiger partial charge in [0, 0.05) is 6.04 Å². The van der Waals surface area contributed by atoms with Crippen LogP contribution in [0.4, 0.5) is 0 Å². The summed E-state index contributed by atoms with van der Waals surface area (Å²) in [6.45, 7) is 9.50. The van der Waals surface area contributed by atoms with Crippen LogP contribution in [0, 0.1) is 17.8 Å². The molecule has 0 aliphatic carbocycles. The highest BCUT2D eigenvalue weighted by atomic mass is 15.0. The van der Waals surface area contributed by atoms with Gasteiger partial charge in [0.1, 0.15) is 0 Å². The van der Waals surface area contributed by atoms with Gasteiger partial charge in [0.2, 0.25) is 0 Å². The van der Waals surface area contributed by atoms with Gasteiger partial charge in [0.25, 0.3) is 0 Å². The number of nitrogens with one attached hydrogen (secondary N) is 2. The number of hydrogen-bond acceptors (Lipinski definition) is 2. The molecule has 1 rings (SSSR count). The minimum Gasteiger partial charge on any atom is -0.317 e. The average molecular weight is 184 g/mol. The largest absolute Gasteiger partial charge is 0.317 e. The van der Waals surface area contributed by atoms with Gasteiger partial charge in [-0.3, -0.25) is 0 Å². The molecule has 2 N–H and O–H groups in total. The summed E-state index contributed by atoms with van der Waals surface area (Å²) in [6.07, 6.45) is 1.24. The highest BCUT2D eigenvalue weighted by Gasteiger charge is 2.30. The minimum atomic E-state index is 0.690. The predicted octanol–water partition coefficient (Wildman–Crippen LogP) is 1.48. The van der Waals surface area contributed by atoms with Crippen LogP contribution in [-0.4, -0.2) is 26.2 Å². The quantitative estimate of drug-likeness (QED) is 0.676. The van der Waals surface area contributed by atoms with Crippen molar-refractivity contribution in [2.75, 3.05) is 20.1 Å². The summed E-state index contributed by atoms with van der Waals surface area (Å²) in [5.74, 6) is 2.55. The lowest BCUT2D eigenvalue weighted by Crippen LogP contribution is -2.49. The van der Waals surface area contributed by atoms with Crippen LogP contribution in [0.1, 0.15) is 27.2 Å².